The summed E-state index contributed by atoms with van der Waals surface area (Å²) in [6, 6.07) is 18.7. The highest BCUT2D eigenvalue weighted by atomic mass is 16.5. The summed E-state index contributed by atoms with van der Waals surface area (Å²) < 4.78 is 5.85. The zero-order chi connectivity index (χ0) is 26.4. The number of amides is 3. The first kappa shape index (κ1) is 26.8. The van der Waals surface area contributed by atoms with Gasteiger partial charge in [0.05, 0.1) is 31.2 Å². The summed E-state index contributed by atoms with van der Waals surface area (Å²) in [7, 11) is 1.82. The predicted octanol–water partition coefficient (Wildman–Crippen LogP) is 2.18. The van der Waals surface area contributed by atoms with Gasteiger partial charge in [-0.2, -0.15) is 0 Å². The summed E-state index contributed by atoms with van der Waals surface area (Å²) >= 11 is 0. The number of carbonyl (C=O) groups is 3. The zero-order valence-corrected chi connectivity index (χ0v) is 21.6. The van der Waals surface area contributed by atoms with Crippen LogP contribution in [-0.4, -0.2) is 78.6 Å². The summed E-state index contributed by atoms with van der Waals surface area (Å²) in [5.41, 5.74) is 1.37. The maximum absolute atomic E-state index is 13.8. The number of ether oxygens (including phenoxy) is 1. The first-order chi connectivity index (χ1) is 17.9. The van der Waals surface area contributed by atoms with Crippen LogP contribution in [0, 0.1) is 11.3 Å². The maximum Gasteiger partial charge on any atom is 0.247 e. The van der Waals surface area contributed by atoms with E-state index >= 15 is 0 Å². The van der Waals surface area contributed by atoms with Gasteiger partial charge in [-0.15, -0.1) is 0 Å². The average Bonchev–Trinajstić information content (AvgIpc) is 3.17. The van der Waals surface area contributed by atoms with E-state index in [1.807, 2.05) is 55.6 Å². The van der Waals surface area contributed by atoms with E-state index in [0.29, 0.717) is 39.1 Å². The second kappa shape index (κ2) is 11.9. The van der Waals surface area contributed by atoms with Gasteiger partial charge in [0.2, 0.25) is 17.7 Å². The van der Waals surface area contributed by atoms with Gasteiger partial charge in [-0.25, -0.2) is 0 Å². The summed E-state index contributed by atoms with van der Waals surface area (Å²) in [5.74, 6) is -1.27. The van der Waals surface area contributed by atoms with Crippen molar-refractivity contribution < 1.29 is 24.2 Å². The van der Waals surface area contributed by atoms with Gasteiger partial charge in [0, 0.05) is 32.6 Å². The van der Waals surface area contributed by atoms with Crippen molar-refractivity contribution >= 4 is 17.7 Å². The van der Waals surface area contributed by atoms with Crippen LogP contribution in [0.15, 0.2) is 60.7 Å². The van der Waals surface area contributed by atoms with Crippen LogP contribution in [0.2, 0.25) is 0 Å². The highest BCUT2D eigenvalue weighted by molar-refractivity contribution is 5.91. The molecule has 8 nitrogen and oxygen atoms in total. The molecule has 2 aliphatic rings. The number of aliphatic hydroxyl groups is 1. The molecule has 2 saturated heterocycles. The van der Waals surface area contributed by atoms with Crippen molar-refractivity contribution in [1.82, 2.24) is 15.1 Å². The third kappa shape index (κ3) is 5.86. The van der Waals surface area contributed by atoms with Crippen LogP contribution < -0.4 is 5.32 Å². The Kier molecular flexibility index (Phi) is 8.61. The number of nitrogens with zero attached hydrogens (tertiary/aromatic N) is 2. The van der Waals surface area contributed by atoms with Crippen LogP contribution in [0.1, 0.15) is 36.8 Å². The summed E-state index contributed by atoms with van der Waals surface area (Å²) in [6.45, 7) is 3.02. The third-order valence-electron chi connectivity index (χ3n) is 7.67. The number of rotatable bonds is 9. The van der Waals surface area contributed by atoms with E-state index in [0.717, 1.165) is 11.1 Å². The number of piperidine rings is 1. The molecule has 2 heterocycles. The minimum atomic E-state index is -0.912. The number of likely N-dealkylation sites (N-methyl/N-ethyl adjacent to an activating group) is 1. The molecule has 2 aromatic carbocycles. The number of benzene rings is 2. The molecule has 4 atom stereocenters. The van der Waals surface area contributed by atoms with Crippen LogP contribution in [0.3, 0.4) is 0 Å². The molecule has 3 amide bonds. The Labute approximate surface area is 218 Å². The summed E-state index contributed by atoms with van der Waals surface area (Å²) in [6.07, 6.45) is 1.41. The Bertz CT molecular complexity index is 1080. The van der Waals surface area contributed by atoms with Gasteiger partial charge in [-0.05, 0) is 24.0 Å². The van der Waals surface area contributed by atoms with Gasteiger partial charge in [0.15, 0.2) is 0 Å². The van der Waals surface area contributed by atoms with E-state index in [2.05, 4.69) is 17.4 Å². The Balaban J connectivity index is 1.53. The van der Waals surface area contributed by atoms with Gasteiger partial charge in [-0.3, -0.25) is 14.4 Å². The van der Waals surface area contributed by atoms with Gasteiger partial charge in [-0.1, -0.05) is 67.6 Å². The molecule has 0 aliphatic carbocycles. The van der Waals surface area contributed by atoms with E-state index in [-0.39, 0.29) is 30.9 Å². The number of likely N-dealkylation sites (tertiary alicyclic amines) is 2. The Morgan fingerprint density at radius 3 is 2.49 bits per heavy atom. The second-order valence-electron chi connectivity index (χ2n) is 10.3. The minimum Gasteiger partial charge on any atom is -0.396 e. The van der Waals surface area contributed by atoms with Crippen molar-refractivity contribution in [2.75, 3.05) is 39.9 Å². The molecule has 2 aliphatic heterocycles. The van der Waals surface area contributed by atoms with Crippen LogP contribution in [-0.2, 0) is 25.7 Å². The number of carbonyl (C=O) groups excluding carboxylic acids is 3. The van der Waals surface area contributed by atoms with Gasteiger partial charge >= 0.3 is 0 Å². The van der Waals surface area contributed by atoms with E-state index in [1.54, 1.807) is 16.7 Å². The molecule has 8 heteroatoms. The number of aliphatic hydroxyl groups excluding tert-OH is 1. The monoisotopic (exact) mass is 507 g/mol. The van der Waals surface area contributed by atoms with Crippen molar-refractivity contribution in [3.63, 3.8) is 0 Å². The van der Waals surface area contributed by atoms with E-state index in [4.69, 9.17) is 4.74 Å². The molecule has 0 radical (unpaired) electrons. The normalized spacial score (nSPS) is 23.2. The molecule has 2 fully saturated rings. The highest BCUT2D eigenvalue weighted by Crippen LogP contribution is 2.49. The average molecular weight is 508 g/mol. The Morgan fingerprint density at radius 2 is 1.81 bits per heavy atom. The maximum atomic E-state index is 13.8. The quantitative estimate of drug-likeness (QED) is 0.542. The largest absolute Gasteiger partial charge is 0.396 e. The molecule has 4 rings (SSSR count). The molecule has 37 heavy (non-hydrogen) atoms. The summed E-state index contributed by atoms with van der Waals surface area (Å²) in [5, 5.41) is 12.2. The SMILES string of the molecule is CC(CO)C(=O)N[C@H](COCc1ccccc1)C(=O)N1CCC[C@]2(C1)C(=O)N(C)C[C@@H]2c1ccccc1. The van der Waals surface area contributed by atoms with Crippen molar-refractivity contribution in [1.29, 1.82) is 0 Å². The lowest BCUT2D eigenvalue weighted by molar-refractivity contribution is -0.147. The lowest BCUT2D eigenvalue weighted by Gasteiger charge is -2.43. The van der Waals surface area contributed by atoms with E-state index < -0.39 is 23.3 Å². The van der Waals surface area contributed by atoms with Crippen molar-refractivity contribution in [3.8, 4) is 0 Å². The molecule has 0 aromatic heterocycles. The van der Waals surface area contributed by atoms with Crippen LogP contribution in [0.5, 0.6) is 0 Å². The third-order valence-corrected chi connectivity index (χ3v) is 7.67. The lowest BCUT2D eigenvalue weighted by Crippen LogP contribution is -2.57. The molecule has 0 bridgehead atoms. The summed E-state index contributed by atoms with van der Waals surface area (Å²) in [4.78, 5) is 43.4. The molecule has 1 unspecified atom stereocenters. The fraction of sp³-hybridized carbons (Fsp3) is 0.483. The number of hydrogen-bond donors (Lipinski definition) is 2. The fourth-order valence-corrected chi connectivity index (χ4v) is 5.56. The Morgan fingerprint density at radius 1 is 1.14 bits per heavy atom. The van der Waals surface area contributed by atoms with E-state index in [9.17, 15) is 19.5 Å². The first-order valence-corrected chi connectivity index (χ1v) is 13.0. The molecule has 198 valence electrons. The number of hydrogen-bond acceptors (Lipinski definition) is 5. The standard InChI is InChI=1S/C29H37N3O5/c1-21(17-33)26(34)30-25(19-37-18-22-10-5-3-6-11-22)27(35)32-15-9-14-29(20-32)24(16-31(2)28(29)36)23-12-7-4-8-13-23/h3-8,10-13,21,24-25,33H,9,14-20H2,1-2H3,(H,30,34)/t21?,24-,25-,29-/m1/s1. The highest BCUT2D eigenvalue weighted by Gasteiger charge is 2.55. The minimum absolute atomic E-state index is 0.00290. The van der Waals surface area contributed by atoms with Crippen LogP contribution in [0.25, 0.3) is 0 Å². The van der Waals surface area contributed by atoms with Crippen molar-refractivity contribution in [2.45, 2.75) is 38.3 Å². The Hall–Kier alpha value is -3.23. The molecular weight excluding hydrogens is 470 g/mol. The van der Waals surface area contributed by atoms with Crippen molar-refractivity contribution in [3.05, 3.63) is 71.8 Å². The molecule has 1 spiro atoms. The fourth-order valence-electron chi connectivity index (χ4n) is 5.56. The second-order valence-corrected chi connectivity index (χ2v) is 10.3. The topological polar surface area (TPSA) is 99.2 Å². The molecule has 2 aromatic rings. The predicted molar refractivity (Wildman–Crippen MR) is 139 cm³/mol. The lowest BCUT2D eigenvalue weighted by atomic mass is 9.69. The zero-order valence-electron chi connectivity index (χ0n) is 21.6. The van der Waals surface area contributed by atoms with E-state index in [1.165, 1.54) is 0 Å². The molecule has 0 saturated carbocycles. The van der Waals surface area contributed by atoms with Crippen LogP contribution >= 0.6 is 0 Å². The first-order valence-electron chi connectivity index (χ1n) is 13.0. The van der Waals surface area contributed by atoms with Crippen molar-refractivity contribution in [2.24, 2.45) is 11.3 Å². The van der Waals surface area contributed by atoms with Gasteiger partial charge < -0.3 is 25.0 Å². The van der Waals surface area contributed by atoms with Gasteiger partial charge in [0.25, 0.3) is 0 Å². The molecular formula is C29H37N3O5. The van der Waals surface area contributed by atoms with Crippen LogP contribution in [0.4, 0.5) is 0 Å². The van der Waals surface area contributed by atoms with Gasteiger partial charge in [0.1, 0.15) is 6.04 Å². The molecule has 2 N–H and O–H groups in total. The number of nitrogens with one attached hydrogen (secondary N) is 1. The smallest absolute Gasteiger partial charge is 0.247 e.